The molecule has 1 aliphatic rings. The van der Waals surface area contributed by atoms with E-state index in [2.05, 4.69) is 6.92 Å². The highest BCUT2D eigenvalue weighted by Crippen LogP contribution is 2.42. The minimum atomic E-state index is -3.06. The lowest BCUT2D eigenvalue weighted by Crippen LogP contribution is -2.00. The summed E-state index contributed by atoms with van der Waals surface area (Å²) in [7, 11) is -3.06. The van der Waals surface area contributed by atoms with Crippen molar-refractivity contribution in [2.45, 2.75) is 37.0 Å². The van der Waals surface area contributed by atoms with Crippen LogP contribution in [0.1, 0.15) is 36.8 Å². The van der Waals surface area contributed by atoms with Crippen molar-refractivity contribution in [3.05, 3.63) is 29.3 Å². The van der Waals surface area contributed by atoms with Gasteiger partial charge >= 0.3 is 0 Å². The summed E-state index contributed by atoms with van der Waals surface area (Å²) in [6, 6.07) is 5.55. The van der Waals surface area contributed by atoms with E-state index in [0.29, 0.717) is 10.8 Å². The van der Waals surface area contributed by atoms with Crippen molar-refractivity contribution in [2.75, 3.05) is 6.26 Å². The van der Waals surface area contributed by atoms with Crippen LogP contribution >= 0.6 is 0 Å². The van der Waals surface area contributed by atoms with Gasteiger partial charge in [0.2, 0.25) is 0 Å². The highest BCUT2D eigenvalue weighted by Gasteiger charge is 2.26. The molecule has 0 unspecified atom stereocenters. The van der Waals surface area contributed by atoms with Crippen LogP contribution in [0.3, 0.4) is 0 Å². The summed E-state index contributed by atoms with van der Waals surface area (Å²) >= 11 is 0. The molecule has 0 bridgehead atoms. The van der Waals surface area contributed by atoms with E-state index in [1.54, 1.807) is 6.07 Å². The van der Waals surface area contributed by atoms with Crippen molar-refractivity contribution in [3.63, 3.8) is 0 Å². The summed E-state index contributed by atoms with van der Waals surface area (Å²) in [5, 5.41) is 0. The normalized spacial score (nSPS) is 16.7. The molecular formula is C12H16O2S. The molecule has 0 radical (unpaired) electrons. The summed E-state index contributed by atoms with van der Waals surface area (Å²) in [5.74, 6) is 0.613. The van der Waals surface area contributed by atoms with Crippen molar-refractivity contribution in [3.8, 4) is 0 Å². The molecule has 2 nitrogen and oxygen atoms in total. The topological polar surface area (TPSA) is 34.1 Å². The van der Waals surface area contributed by atoms with Crippen molar-refractivity contribution in [2.24, 2.45) is 0 Å². The number of rotatable bonds is 3. The fourth-order valence-electron chi connectivity index (χ4n) is 1.90. The van der Waals surface area contributed by atoms with E-state index >= 15 is 0 Å². The number of benzene rings is 1. The number of hydrogen-bond acceptors (Lipinski definition) is 2. The third-order valence-electron chi connectivity index (χ3n) is 2.94. The third-order valence-corrected chi connectivity index (χ3v) is 4.05. The van der Waals surface area contributed by atoms with Gasteiger partial charge in [0, 0.05) is 6.26 Å². The maximum Gasteiger partial charge on any atom is 0.175 e. The van der Waals surface area contributed by atoms with Gasteiger partial charge in [-0.3, -0.25) is 0 Å². The van der Waals surface area contributed by atoms with E-state index in [9.17, 15) is 8.42 Å². The van der Waals surface area contributed by atoms with Crippen LogP contribution in [0.4, 0.5) is 0 Å². The van der Waals surface area contributed by atoms with Crippen LogP contribution in [0.2, 0.25) is 0 Å². The highest BCUT2D eigenvalue weighted by atomic mass is 32.2. The van der Waals surface area contributed by atoms with Crippen LogP contribution in [-0.4, -0.2) is 14.7 Å². The maximum absolute atomic E-state index is 11.4. The molecule has 1 aliphatic carbocycles. The molecule has 3 heteroatoms. The Morgan fingerprint density at radius 2 is 2.00 bits per heavy atom. The quantitative estimate of drug-likeness (QED) is 0.790. The molecule has 0 N–H and O–H groups in total. The molecule has 1 aromatic rings. The number of aryl methyl sites for hydroxylation is 1. The zero-order valence-electron chi connectivity index (χ0n) is 9.16. The predicted octanol–water partition coefficient (Wildman–Crippen LogP) is 2.53. The van der Waals surface area contributed by atoms with Gasteiger partial charge < -0.3 is 0 Å². The van der Waals surface area contributed by atoms with Gasteiger partial charge in [0.1, 0.15) is 0 Å². The first-order valence-corrected chi connectivity index (χ1v) is 7.24. The minimum absolute atomic E-state index is 0.460. The molecular weight excluding hydrogens is 208 g/mol. The Morgan fingerprint density at radius 1 is 1.33 bits per heavy atom. The molecule has 0 heterocycles. The van der Waals surface area contributed by atoms with Gasteiger partial charge in [0.25, 0.3) is 0 Å². The van der Waals surface area contributed by atoms with Crippen LogP contribution < -0.4 is 0 Å². The van der Waals surface area contributed by atoms with Crippen molar-refractivity contribution < 1.29 is 8.42 Å². The summed E-state index contributed by atoms with van der Waals surface area (Å²) in [4.78, 5) is 0.460. The lowest BCUT2D eigenvalue weighted by molar-refractivity contribution is 0.601. The zero-order chi connectivity index (χ0) is 11.1. The summed E-state index contributed by atoms with van der Waals surface area (Å²) in [5.41, 5.74) is 2.55. The van der Waals surface area contributed by atoms with E-state index in [1.807, 2.05) is 12.1 Å². The molecule has 0 aromatic heterocycles. The van der Waals surface area contributed by atoms with Gasteiger partial charge in [-0.15, -0.1) is 0 Å². The second-order valence-electron chi connectivity index (χ2n) is 4.26. The van der Waals surface area contributed by atoms with E-state index in [0.717, 1.165) is 6.42 Å². The summed E-state index contributed by atoms with van der Waals surface area (Å²) in [6.45, 7) is 2.11. The van der Waals surface area contributed by atoms with Crippen LogP contribution in [0.25, 0.3) is 0 Å². The molecule has 0 aliphatic heterocycles. The van der Waals surface area contributed by atoms with Gasteiger partial charge in [0.15, 0.2) is 9.84 Å². The molecule has 0 atom stereocenters. The molecule has 0 spiro atoms. The molecule has 1 fully saturated rings. The van der Waals surface area contributed by atoms with Gasteiger partial charge in [-0.1, -0.05) is 13.0 Å². The molecule has 1 aromatic carbocycles. The van der Waals surface area contributed by atoms with E-state index in [-0.39, 0.29) is 0 Å². The van der Waals surface area contributed by atoms with Gasteiger partial charge in [-0.05, 0) is 48.4 Å². The molecule has 2 rings (SSSR count). The standard InChI is InChI=1S/C12H16O2S/c1-3-9-6-7-11(15(2,13)14)8-12(9)10-4-5-10/h6-8,10H,3-5H2,1-2H3. The van der Waals surface area contributed by atoms with Crippen LogP contribution in [-0.2, 0) is 16.3 Å². The monoisotopic (exact) mass is 224 g/mol. The van der Waals surface area contributed by atoms with Crippen LogP contribution in [0.15, 0.2) is 23.1 Å². The van der Waals surface area contributed by atoms with E-state index in [4.69, 9.17) is 0 Å². The zero-order valence-corrected chi connectivity index (χ0v) is 9.97. The Morgan fingerprint density at radius 3 is 2.47 bits per heavy atom. The number of sulfone groups is 1. The first-order chi connectivity index (χ1) is 7.02. The fraction of sp³-hybridized carbons (Fsp3) is 0.500. The molecule has 0 saturated heterocycles. The average Bonchev–Trinajstić information content (AvgIpc) is 2.98. The second kappa shape index (κ2) is 3.63. The van der Waals surface area contributed by atoms with Crippen LogP contribution in [0.5, 0.6) is 0 Å². The van der Waals surface area contributed by atoms with E-state index < -0.39 is 9.84 Å². The first kappa shape index (κ1) is 10.7. The SMILES string of the molecule is CCc1ccc(S(C)(=O)=O)cc1C1CC1. The van der Waals surface area contributed by atoms with Gasteiger partial charge in [-0.2, -0.15) is 0 Å². The summed E-state index contributed by atoms with van der Waals surface area (Å²) < 4.78 is 22.9. The minimum Gasteiger partial charge on any atom is -0.224 e. The molecule has 82 valence electrons. The molecule has 0 amide bonds. The summed E-state index contributed by atoms with van der Waals surface area (Å²) in [6.07, 6.45) is 4.67. The first-order valence-electron chi connectivity index (χ1n) is 5.35. The Bertz CT molecular complexity index is 470. The molecule has 1 saturated carbocycles. The maximum atomic E-state index is 11.4. The predicted molar refractivity (Wildman–Crippen MR) is 60.9 cm³/mol. The number of hydrogen-bond donors (Lipinski definition) is 0. The Balaban J connectivity index is 2.50. The largest absolute Gasteiger partial charge is 0.224 e. The lowest BCUT2D eigenvalue weighted by atomic mass is 10.0. The Kier molecular flexibility index (Phi) is 2.59. The third kappa shape index (κ3) is 2.23. The Labute approximate surface area is 91.2 Å². The van der Waals surface area contributed by atoms with Crippen LogP contribution in [0, 0.1) is 0 Å². The van der Waals surface area contributed by atoms with Gasteiger partial charge in [0.05, 0.1) is 4.90 Å². The lowest BCUT2D eigenvalue weighted by Gasteiger charge is -2.08. The van der Waals surface area contributed by atoms with Crippen molar-refractivity contribution in [1.82, 2.24) is 0 Å². The van der Waals surface area contributed by atoms with E-state index in [1.165, 1.54) is 30.2 Å². The smallest absolute Gasteiger partial charge is 0.175 e. The highest BCUT2D eigenvalue weighted by molar-refractivity contribution is 7.90. The van der Waals surface area contributed by atoms with Gasteiger partial charge in [-0.25, -0.2) is 8.42 Å². The average molecular weight is 224 g/mol. The second-order valence-corrected chi connectivity index (χ2v) is 6.28. The fourth-order valence-corrected chi connectivity index (χ4v) is 2.56. The van der Waals surface area contributed by atoms with Crippen molar-refractivity contribution in [1.29, 1.82) is 0 Å². The van der Waals surface area contributed by atoms with Crippen molar-refractivity contribution >= 4 is 9.84 Å². The molecule has 15 heavy (non-hydrogen) atoms. The Hall–Kier alpha value is -0.830.